The Morgan fingerprint density at radius 1 is 1.00 bits per heavy atom. The van der Waals surface area contributed by atoms with Crippen LogP contribution in [-0.4, -0.2) is 12.5 Å². The van der Waals surface area contributed by atoms with E-state index in [1.54, 1.807) is 0 Å². The SMILES string of the molecule is NCCCC(=O)NCc1ccc(OCc2ccccc2)cc1. The molecule has 0 aliphatic heterocycles. The Labute approximate surface area is 131 Å². The van der Waals surface area contributed by atoms with Crippen molar-refractivity contribution in [2.45, 2.75) is 26.0 Å². The highest BCUT2D eigenvalue weighted by Gasteiger charge is 2.01. The molecular weight excluding hydrogens is 276 g/mol. The Bertz CT molecular complexity index is 567. The quantitative estimate of drug-likeness (QED) is 0.787. The molecule has 3 N–H and O–H groups in total. The molecule has 0 saturated heterocycles. The van der Waals surface area contributed by atoms with Gasteiger partial charge in [-0.05, 0) is 36.2 Å². The fourth-order valence-corrected chi connectivity index (χ4v) is 2.00. The third-order valence-electron chi connectivity index (χ3n) is 3.27. The van der Waals surface area contributed by atoms with Crippen molar-refractivity contribution in [2.24, 2.45) is 5.73 Å². The minimum Gasteiger partial charge on any atom is -0.489 e. The molecule has 0 aliphatic carbocycles. The molecule has 0 saturated carbocycles. The molecule has 0 heterocycles. The second kappa shape index (κ2) is 8.85. The highest BCUT2D eigenvalue weighted by atomic mass is 16.5. The third kappa shape index (κ3) is 5.58. The van der Waals surface area contributed by atoms with Crippen LogP contribution >= 0.6 is 0 Å². The van der Waals surface area contributed by atoms with E-state index in [2.05, 4.69) is 5.32 Å². The lowest BCUT2D eigenvalue weighted by molar-refractivity contribution is -0.121. The number of nitrogens with one attached hydrogen (secondary N) is 1. The third-order valence-corrected chi connectivity index (χ3v) is 3.27. The second-order valence-corrected chi connectivity index (χ2v) is 5.09. The number of hydrogen-bond donors (Lipinski definition) is 2. The minimum absolute atomic E-state index is 0.0369. The van der Waals surface area contributed by atoms with Crippen LogP contribution in [-0.2, 0) is 17.9 Å². The molecule has 4 nitrogen and oxygen atoms in total. The average molecular weight is 298 g/mol. The molecule has 0 bridgehead atoms. The summed E-state index contributed by atoms with van der Waals surface area (Å²) in [5, 5.41) is 2.88. The first-order chi connectivity index (χ1) is 10.8. The fraction of sp³-hybridized carbons (Fsp3) is 0.278. The summed E-state index contributed by atoms with van der Waals surface area (Å²) in [7, 11) is 0. The summed E-state index contributed by atoms with van der Waals surface area (Å²) < 4.78 is 5.72. The van der Waals surface area contributed by atoms with Crippen molar-refractivity contribution in [1.82, 2.24) is 5.32 Å². The molecule has 1 amide bonds. The highest BCUT2D eigenvalue weighted by molar-refractivity contribution is 5.75. The molecule has 22 heavy (non-hydrogen) atoms. The van der Waals surface area contributed by atoms with Crippen molar-refractivity contribution >= 4 is 5.91 Å². The van der Waals surface area contributed by atoms with Gasteiger partial charge < -0.3 is 15.8 Å². The van der Waals surface area contributed by atoms with Crippen LogP contribution in [0.3, 0.4) is 0 Å². The van der Waals surface area contributed by atoms with E-state index in [4.69, 9.17) is 10.5 Å². The number of hydrogen-bond acceptors (Lipinski definition) is 3. The summed E-state index contributed by atoms with van der Waals surface area (Å²) in [5.74, 6) is 0.858. The van der Waals surface area contributed by atoms with Gasteiger partial charge in [0.05, 0.1) is 0 Å². The molecule has 0 unspecified atom stereocenters. The van der Waals surface area contributed by atoms with Crippen LogP contribution in [0.5, 0.6) is 5.75 Å². The van der Waals surface area contributed by atoms with E-state index in [-0.39, 0.29) is 5.91 Å². The maximum absolute atomic E-state index is 11.5. The topological polar surface area (TPSA) is 64.4 Å². The number of benzene rings is 2. The van der Waals surface area contributed by atoms with Gasteiger partial charge in [0.15, 0.2) is 0 Å². The van der Waals surface area contributed by atoms with E-state index in [1.807, 2.05) is 54.6 Å². The number of amides is 1. The predicted octanol–water partition coefficient (Wildman–Crippen LogP) is 2.62. The Morgan fingerprint density at radius 2 is 1.73 bits per heavy atom. The Morgan fingerprint density at radius 3 is 2.41 bits per heavy atom. The molecule has 0 radical (unpaired) electrons. The molecule has 2 rings (SSSR count). The van der Waals surface area contributed by atoms with Gasteiger partial charge in [0.1, 0.15) is 12.4 Å². The molecule has 2 aromatic rings. The van der Waals surface area contributed by atoms with Gasteiger partial charge in [0.2, 0.25) is 5.91 Å². The molecule has 2 aromatic carbocycles. The van der Waals surface area contributed by atoms with E-state index in [9.17, 15) is 4.79 Å². The maximum atomic E-state index is 11.5. The van der Waals surface area contributed by atoms with Gasteiger partial charge in [-0.15, -0.1) is 0 Å². The predicted molar refractivity (Wildman–Crippen MR) is 87.4 cm³/mol. The Kier molecular flexibility index (Phi) is 6.45. The van der Waals surface area contributed by atoms with Crippen molar-refractivity contribution < 1.29 is 9.53 Å². The van der Waals surface area contributed by atoms with E-state index in [0.717, 1.165) is 23.3 Å². The van der Waals surface area contributed by atoms with Crippen molar-refractivity contribution in [2.75, 3.05) is 6.54 Å². The summed E-state index contributed by atoms with van der Waals surface area (Å²) >= 11 is 0. The van der Waals surface area contributed by atoms with Gasteiger partial charge in [-0.3, -0.25) is 4.79 Å². The summed E-state index contributed by atoms with van der Waals surface area (Å²) in [6, 6.07) is 17.8. The largest absolute Gasteiger partial charge is 0.489 e. The molecule has 0 spiro atoms. The molecule has 116 valence electrons. The number of nitrogens with two attached hydrogens (primary N) is 1. The first-order valence-electron chi connectivity index (χ1n) is 7.50. The average Bonchev–Trinajstić information content (AvgIpc) is 2.58. The highest BCUT2D eigenvalue weighted by Crippen LogP contribution is 2.14. The van der Waals surface area contributed by atoms with Crippen LogP contribution in [0, 0.1) is 0 Å². The van der Waals surface area contributed by atoms with Gasteiger partial charge >= 0.3 is 0 Å². The Balaban J connectivity index is 1.76. The first-order valence-corrected chi connectivity index (χ1v) is 7.50. The lowest BCUT2D eigenvalue weighted by Gasteiger charge is -2.08. The number of carbonyl (C=O) groups excluding carboxylic acids is 1. The minimum atomic E-state index is 0.0369. The normalized spacial score (nSPS) is 10.2. The zero-order valence-electron chi connectivity index (χ0n) is 12.6. The summed E-state index contributed by atoms with van der Waals surface area (Å²) in [4.78, 5) is 11.5. The van der Waals surface area contributed by atoms with E-state index in [0.29, 0.717) is 26.1 Å². The number of rotatable bonds is 8. The molecule has 0 atom stereocenters. The van der Waals surface area contributed by atoms with E-state index < -0.39 is 0 Å². The summed E-state index contributed by atoms with van der Waals surface area (Å²) in [6.07, 6.45) is 1.20. The van der Waals surface area contributed by atoms with Crippen LogP contribution in [0.1, 0.15) is 24.0 Å². The van der Waals surface area contributed by atoms with Crippen molar-refractivity contribution in [3.05, 3.63) is 65.7 Å². The molecule has 0 aromatic heterocycles. The number of carbonyl (C=O) groups is 1. The summed E-state index contributed by atoms with van der Waals surface area (Å²) in [6.45, 7) is 1.62. The van der Waals surface area contributed by atoms with Crippen molar-refractivity contribution in [3.8, 4) is 5.75 Å². The maximum Gasteiger partial charge on any atom is 0.220 e. The van der Waals surface area contributed by atoms with Crippen LogP contribution < -0.4 is 15.8 Å². The van der Waals surface area contributed by atoms with Crippen molar-refractivity contribution in [1.29, 1.82) is 0 Å². The number of ether oxygens (including phenoxy) is 1. The molecule has 0 aliphatic rings. The van der Waals surface area contributed by atoms with Gasteiger partial charge in [-0.1, -0.05) is 42.5 Å². The summed E-state index contributed by atoms with van der Waals surface area (Å²) in [5.41, 5.74) is 7.56. The fourth-order valence-electron chi connectivity index (χ4n) is 2.00. The van der Waals surface area contributed by atoms with Gasteiger partial charge in [-0.2, -0.15) is 0 Å². The second-order valence-electron chi connectivity index (χ2n) is 5.09. The van der Waals surface area contributed by atoms with Crippen molar-refractivity contribution in [3.63, 3.8) is 0 Å². The van der Waals surface area contributed by atoms with Gasteiger partial charge in [0, 0.05) is 13.0 Å². The van der Waals surface area contributed by atoms with Crippen LogP contribution in [0.15, 0.2) is 54.6 Å². The zero-order chi connectivity index (χ0) is 15.6. The van der Waals surface area contributed by atoms with Gasteiger partial charge in [-0.25, -0.2) is 0 Å². The smallest absolute Gasteiger partial charge is 0.220 e. The zero-order valence-corrected chi connectivity index (χ0v) is 12.6. The lowest BCUT2D eigenvalue weighted by Crippen LogP contribution is -2.23. The van der Waals surface area contributed by atoms with E-state index >= 15 is 0 Å². The molecular formula is C18H22N2O2. The van der Waals surface area contributed by atoms with Crippen LogP contribution in [0.2, 0.25) is 0 Å². The van der Waals surface area contributed by atoms with E-state index in [1.165, 1.54) is 0 Å². The Hall–Kier alpha value is -2.33. The molecule has 0 fully saturated rings. The van der Waals surface area contributed by atoms with Gasteiger partial charge in [0.25, 0.3) is 0 Å². The van der Waals surface area contributed by atoms with Crippen LogP contribution in [0.4, 0.5) is 0 Å². The first kappa shape index (κ1) is 16.0. The standard InChI is InChI=1S/C18H22N2O2/c19-12-4-7-18(21)20-13-15-8-10-17(11-9-15)22-14-16-5-2-1-3-6-16/h1-3,5-6,8-11H,4,7,12-14,19H2,(H,20,21). The molecule has 4 heteroatoms. The lowest BCUT2D eigenvalue weighted by atomic mass is 10.2. The monoisotopic (exact) mass is 298 g/mol. The van der Waals surface area contributed by atoms with Crippen LogP contribution in [0.25, 0.3) is 0 Å².